The molecule has 0 amide bonds. The van der Waals surface area contributed by atoms with Crippen LogP contribution in [0.3, 0.4) is 0 Å². The summed E-state index contributed by atoms with van der Waals surface area (Å²) in [5, 5.41) is 0. The van der Waals surface area contributed by atoms with Crippen molar-refractivity contribution >= 4 is 23.0 Å². The fourth-order valence-electron chi connectivity index (χ4n) is 3.26. The minimum Gasteiger partial charge on any atom is -0.494 e. The highest BCUT2D eigenvalue weighted by Crippen LogP contribution is 2.37. The van der Waals surface area contributed by atoms with Crippen molar-refractivity contribution in [2.75, 3.05) is 20.3 Å². The first kappa shape index (κ1) is 22.1. The zero-order valence-corrected chi connectivity index (χ0v) is 18.1. The van der Waals surface area contributed by atoms with Crippen LogP contribution < -0.4 is 19.9 Å². The van der Waals surface area contributed by atoms with Gasteiger partial charge in [-0.3, -0.25) is 4.79 Å². The smallest absolute Gasteiger partial charge is 0.191 e. The van der Waals surface area contributed by atoms with E-state index in [1.54, 1.807) is 26.2 Å². The second-order valence-corrected chi connectivity index (χ2v) is 7.53. The van der Waals surface area contributed by atoms with Crippen molar-refractivity contribution in [3.05, 3.63) is 53.1 Å². The average molecular weight is 430 g/mol. The van der Waals surface area contributed by atoms with E-state index < -0.39 is 6.10 Å². The number of hydrogen-bond acceptors (Lipinski definition) is 6. The maximum atomic E-state index is 12.3. The Balaban J connectivity index is 1.44. The number of carbonyl (C=O) groups is 1. The number of rotatable bonds is 10. The Labute approximate surface area is 182 Å². The molecule has 1 atom stereocenters. The number of ether oxygens (including phenoxy) is 4. The lowest BCUT2D eigenvalue weighted by Gasteiger charge is -2.24. The van der Waals surface area contributed by atoms with E-state index in [2.05, 4.69) is 0 Å². The fourth-order valence-corrected chi connectivity index (χ4v) is 3.40. The Bertz CT molecular complexity index is 897. The van der Waals surface area contributed by atoms with E-state index in [0.29, 0.717) is 41.9 Å². The molecule has 0 radical (unpaired) electrons. The molecule has 1 heterocycles. The van der Waals surface area contributed by atoms with Gasteiger partial charge in [0.05, 0.1) is 26.9 Å². The van der Waals surface area contributed by atoms with Gasteiger partial charge in [-0.2, -0.15) is 0 Å². The lowest BCUT2D eigenvalue weighted by molar-refractivity contribution is 0.0324. The summed E-state index contributed by atoms with van der Waals surface area (Å²) < 4.78 is 22.7. The third-order valence-corrected chi connectivity index (χ3v) is 5.23. The number of ketones is 1. The molecule has 1 aliphatic rings. The van der Waals surface area contributed by atoms with E-state index in [4.69, 9.17) is 36.9 Å². The molecule has 1 aliphatic heterocycles. The molecule has 30 heavy (non-hydrogen) atoms. The van der Waals surface area contributed by atoms with Crippen LogP contribution >= 0.6 is 12.2 Å². The summed E-state index contributed by atoms with van der Waals surface area (Å²) >= 11 is 4.94. The molecule has 3 rings (SSSR count). The maximum Gasteiger partial charge on any atom is 0.191 e. The van der Waals surface area contributed by atoms with Gasteiger partial charge in [-0.25, -0.2) is 0 Å². The summed E-state index contributed by atoms with van der Waals surface area (Å²) in [6.45, 7) is 3.26. The largest absolute Gasteiger partial charge is 0.494 e. The SMILES string of the molecule is COc1ccc2c(c1OCCCCCOc1ccc(C(N)=S)cc1)COC(C)C2=O. The standard InChI is InChI=1S/C23H27NO5S/c1-15-21(25)18-10-11-20(26-2)22(19(18)14-29-15)28-13-5-3-4-12-27-17-8-6-16(7-9-17)23(24)30/h6-11,15H,3-5,12-14H2,1-2H3,(H2,24,30). The van der Waals surface area contributed by atoms with Crippen LogP contribution in [-0.2, 0) is 11.3 Å². The number of nitrogens with two attached hydrogens (primary N) is 1. The van der Waals surface area contributed by atoms with Crippen LogP contribution in [0.15, 0.2) is 36.4 Å². The van der Waals surface area contributed by atoms with Crippen LogP contribution in [0.1, 0.15) is 47.7 Å². The average Bonchev–Trinajstić information content (AvgIpc) is 2.75. The monoisotopic (exact) mass is 429 g/mol. The number of benzene rings is 2. The third-order valence-electron chi connectivity index (χ3n) is 5.00. The molecule has 6 nitrogen and oxygen atoms in total. The highest BCUT2D eigenvalue weighted by molar-refractivity contribution is 7.80. The lowest BCUT2D eigenvalue weighted by Crippen LogP contribution is -2.27. The molecule has 1 unspecified atom stereocenters. The maximum absolute atomic E-state index is 12.3. The molecule has 2 aromatic carbocycles. The first-order valence-electron chi connectivity index (χ1n) is 10.0. The van der Waals surface area contributed by atoms with Crippen LogP contribution in [0.4, 0.5) is 0 Å². The topological polar surface area (TPSA) is 80.0 Å². The van der Waals surface area contributed by atoms with E-state index in [0.717, 1.165) is 36.1 Å². The second-order valence-electron chi connectivity index (χ2n) is 7.09. The van der Waals surface area contributed by atoms with Gasteiger partial charge in [0.25, 0.3) is 0 Å². The Kier molecular flexibility index (Phi) is 7.65. The van der Waals surface area contributed by atoms with Gasteiger partial charge in [-0.1, -0.05) is 12.2 Å². The van der Waals surface area contributed by atoms with Crippen LogP contribution in [0.2, 0.25) is 0 Å². The highest BCUT2D eigenvalue weighted by atomic mass is 32.1. The molecule has 2 aromatic rings. The Hall–Kier alpha value is -2.64. The Morgan fingerprint density at radius 2 is 1.80 bits per heavy atom. The van der Waals surface area contributed by atoms with Crippen molar-refractivity contribution in [1.82, 2.24) is 0 Å². The summed E-state index contributed by atoms with van der Waals surface area (Å²) in [4.78, 5) is 12.7. The molecule has 0 aliphatic carbocycles. The molecule has 0 fully saturated rings. The third kappa shape index (κ3) is 5.29. The number of fused-ring (bicyclic) bond motifs is 1. The summed E-state index contributed by atoms with van der Waals surface area (Å²) in [6, 6.07) is 11.0. The zero-order chi connectivity index (χ0) is 21.5. The number of unbranched alkanes of at least 4 members (excludes halogenated alkanes) is 2. The predicted octanol–water partition coefficient (Wildman–Crippen LogP) is 4.06. The first-order valence-corrected chi connectivity index (χ1v) is 10.4. The van der Waals surface area contributed by atoms with Crippen LogP contribution in [0.25, 0.3) is 0 Å². The summed E-state index contributed by atoms with van der Waals surface area (Å²) in [5.41, 5.74) is 7.84. The van der Waals surface area contributed by atoms with Gasteiger partial charge in [-0.05, 0) is 62.6 Å². The van der Waals surface area contributed by atoms with Crippen molar-refractivity contribution in [1.29, 1.82) is 0 Å². The van der Waals surface area contributed by atoms with Crippen molar-refractivity contribution in [2.24, 2.45) is 5.73 Å². The van der Waals surface area contributed by atoms with Crippen LogP contribution in [0.5, 0.6) is 17.2 Å². The number of Topliss-reactive ketones (excluding diaryl/α,β-unsaturated/α-hetero) is 1. The fraction of sp³-hybridized carbons (Fsp3) is 0.391. The predicted molar refractivity (Wildman–Crippen MR) is 119 cm³/mol. The number of carbonyl (C=O) groups excluding carboxylic acids is 1. The minimum absolute atomic E-state index is 0.0257. The molecular formula is C23H27NO5S. The molecule has 0 aromatic heterocycles. The van der Waals surface area contributed by atoms with Crippen molar-refractivity contribution in [3.8, 4) is 17.2 Å². The number of methoxy groups -OCH3 is 1. The van der Waals surface area contributed by atoms with Gasteiger partial charge in [0, 0.05) is 16.7 Å². The normalized spacial score (nSPS) is 15.4. The van der Waals surface area contributed by atoms with Crippen LogP contribution in [0, 0.1) is 0 Å². The van der Waals surface area contributed by atoms with Gasteiger partial charge >= 0.3 is 0 Å². The van der Waals surface area contributed by atoms with Crippen molar-refractivity contribution in [3.63, 3.8) is 0 Å². The Morgan fingerprint density at radius 1 is 1.10 bits per heavy atom. The Morgan fingerprint density at radius 3 is 2.47 bits per heavy atom. The van der Waals surface area contributed by atoms with E-state index >= 15 is 0 Å². The summed E-state index contributed by atoms with van der Waals surface area (Å²) in [7, 11) is 1.59. The van der Waals surface area contributed by atoms with E-state index in [-0.39, 0.29) is 5.78 Å². The van der Waals surface area contributed by atoms with Gasteiger partial charge in [0.1, 0.15) is 16.8 Å². The molecule has 0 saturated carbocycles. The molecule has 0 bridgehead atoms. The number of hydrogen-bond donors (Lipinski definition) is 1. The zero-order valence-electron chi connectivity index (χ0n) is 17.3. The van der Waals surface area contributed by atoms with E-state index in [1.807, 2.05) is 24.3 Å². The number of thiocarbonyl (C=S) groups is 1. The highest BCUT2D eigenvalue weighted by Gasteiger charge is 2.28. The van der Waals surface area contributed by atoms with Crippen molar-refractivity contribution in [2.45, 2.75) is 38.9 Å². The molecule has 2 N–H and O–H groups in total. The van der Waals surface area contributed by atoms with Gasteiger partial charge in [0.15, 0.2) is 17.3 Å². The van der Waals surface area contributed by atoms with Gasteiger partial charge in [0.2, 0.25) is 0 Å². The molecule has 0 spiro atoms. The van der Waals surface area contributed by atoms with Crippen LogP contribution in [-0.4, -0.2) is 37.2 Å². The van der Waals surface area contributed by atoms with Gasteiger partial charge in [-0.15, -0.1) is 0 Å². The summed E-state index contributed by atoms with van der Waals surface area (Å²) in [5.74, 6) is 1.99. The molecular weight excluding hydrogens is 402 g/mol. The lowest BCUT2D eigenvalue weighted by atomic mass is 9.97. The van der Waals surface area contributed by atoms with Gasteiger partial charge < -0.3 is 24.7 Å². The van der Waals surface area contributed by atoms with E-state index in [9.17, 15) is 4.79 Å². The van der Waals surface area contributed by atoms with Crippen molar-refractivity contribution < 1.29 is 23.7 Å². The molecule has 0 saturated heterocycles. The molecule has 7 heteroatoms. The molecule has 160 valence electrons. The quantitative estimate of drug-likeness (QED) is 0.451. The second kappa shape index (κ2) is 10.4. The minimum atomic E-state index is -0.429. The van der Waals surface area contributed by atoms with E-state index in [1.165, 1.54) is 0 Å². The first-order chi connectivity index (χ1) is 14.5. The summed E-state index contributed by atoms with van der Waals surface area (Å²) in [6.07, 6.45) is 2.29.